The van der Waals surface area contributed by atoms with Crippen molar-refractivity contribution in [1.82, 2.24) is 25.3 Å². The summed E-state index contributed by atoms with van der Waals surface area (Å²) in [6.07, 6.45) is 0. The van der Waals surface area contributed by atoms with Gasteiger partial charge >= 0.3 is 0 Å². The Hall–Kier alpha value is -0.200. The van der Waals surface area contributed by atoms with Gasteiger partial charge in [0.2, 0.25) is 0 Å². The first-order valence-corrected chi connectivity index (χ1v) is 8.88. The summed E-state index contributed by atoms with van der Waals surface area (Å²) >= 11 is 0. The zero-order valence-electron chi connectivity index (χ0n) is 14.5. The predicted molar refractivity (Wildman–Crippen MR) is 92.1 cm³/mol. The first-order valence-electron chi connectivity index (χ1n) is 8.88. The van der Waals surface area contributed by atoms with E-state index in [0.717, 1.165) is 39.3 Å². The molecule has 2 N–H and O–H groups in total. The van der Waals surface area contributed by atoms with Gasteiger partial charge in [0, 0.05) is 65.4 Å². The molecule has 0 aromatic rings. The van der Waals surface area contributed by atoms with E-state index in [-0.39, 0.29) is 0 Å². The molecule has 0 aromatic carbocycles. The van der Waals surface area contributed by atoms with E-state index >= 15 is 0 Å². The molecule has 1 aliphatic heterocycles. The van der Waals surface area contributed by atoms with Crippen LogP contribution in [0.1, 0.15) is 20.8 Å². The second-order valence-corrected chi connectivity index (χ2v) is 5.81. The van der Waals surface area contributed by atoms with Crippen LogP contribution in [0.2, 0.25) is 0 Å². The zero-order chi connectivity index (χ0) is 15.3. The lowest BCUT2D eigenvalue weighted by molar-refractivity contribution is 0.133. The van der Waals surface area contributed by atoms with Gasteiger partial charge in [-0.2, -0.15) is 0 Å². The van der Waals surface area contributed by atoms with E-state index in [2.05, 4.69) is 46.1 Å². The maximum atomic E-state index is 3.58. The lowest BCUT2D eigenvalue weighted by Gasteiger charge is -2.34. The molecule has 0 aliphatic carbocycles. The third-order valence-electron chi connectivity index (χ3n) is 4.42. The molecule has 0 unspecified atom stereocenters. The summed E-state index contributed by atoms with van der Waals surface area (Å²) in [4.78, 5) is 7.64. The van der Waals surface area contributed by atoms with Gasteiger partial charge in [0.25, 0.3) is 0 Å². The van der Waals surface area contributed by atoms with Gasteiger partial charge in [-0.15, -0.1) is 0 Å². The molecule has 1 saturated heterocycles. The van der Waals surface area contributed by atoms with Crippen molar-refractivity contribution in [3.8, 4) is 0 Å². The number of nitrogens with zero attached hydrogens (tertiary/aromatic N) is 3. The zero-order valence-corrected chi connectivity index (χ0v) is 14.5. The molecule has 0 amide bonds. The van der Waals surface area contributed by atoms with Crippen LogP contribution in [-0.4, -0.2) is 99.8 Å². The highest BCUT2D eigenvalue weighted by Crippen LogP contribution is 2.00. The molecule has 1 rings (SSSR count). The maximum absolute atomic E-state index is 3.58. The minimum absolute atomic E-state index is 1.08. The average Bonchev–Trinajstić information content (AvgIpc) is 2.52. The Balaban J connectivity index is 1.95. The highest BCUT2D eigenvalue weighted by molar-refractivity contribution is 4.73. The highest BCUT2D eigenvalue weighted by atomic mass is 15.3. The van der Waals surface area contributed by atoms with Crippen LogP contribution in [0, 0.1) is 0 Å². The number of nitrogens with one attached hydrogen (secondary N) is 2. The molecule has 0 bridgehead atoms. The highest BCUT2D eigenvalue weighted by Gasteiger charge is 2.15. The van der Waals surface area contributed by atoms with E-state index in [1.54, 1.807) is 0 Å². The smallest absolute Gasteiger partial charge is 0.0110 e. The van der Waals surface area contributed by atoms with Crippen molar-refractivity contribution < 1.29 is 0 Å². The largest absolute Gasteiger partial charge is 0.316 e. The van der Waals surface area contributed by atoms with Crippen molar-refractivity contribution in [3.63, 3.8) is 0 Å². The molecule has 1 aliphatic rings. The monoisotopic (exact) mass is 299 g/mol. The minimum atomic E-state index is 1.08. The van der Waals surface area contributed by atoms with Gasteiger partial charge < -0.3 is 15.5 Å². The van der Waals surface area contributed by atoms with Crippen LogP contribution in [0.15, 0.2) is 0 Å². The molecule has 5 nitrogen and oxygen atoms in total. The summed E-state index contributed by atoms with van der Waals surface area (Å²) in [5.41, 5.74) is 0. The van der Waals surface area contributed by atoms with E-state index < -0.39 is 0 Å². The third kappa shape index (κ3) is 8.73. The molecule has 0 aromatic heterocycles. The van der Waals surface area contributed by atoms with Crippen molar-refractivity contribution in [2.45, 2.75) is 20.8 Å². The molecule has 21 heavy (non-hydrogen) atoms. The summed E-state index contributed by atoms with van der Waals surface area (Å²) in [7, 11) is 0. The Morgan fingerprint density at radius 1 is 0.762 bits per heavy atom. The van der Waals surface area contributed by atoms with Crippen LogP contribution < -0.4 is 10.6 Å². The first-order chi connectivity index (χ1) is 10.3. The van der Waals surface area contributed by atoms with Crippen molar-refractivity contribution in [2.24, 2.45) is 0 Å². The van der Waals surface area contributed by atoms with Crippen LogP contribution in [0.3, 0.4) is 0 Å². The second-order valence-electron chi connectivity index (χ2n) is 5.81. The molecular weight excluding hydrogens is 262 g/mol. The van der Waals surface area contributed by atoms with Gasteiger partial charge in [0.15, 0.2) is 0 Å². The Kier molecular flexibility index (Phi) is 11.1. The fourth-order valence-electron chi connectivity index (χ4n) is 2.79. The van der Waals surface area contributed by atoms with Crippen molar-refractivity contribution >= 4 is 0 Å². The van der Waals surface area contributed by atoms with E-state index in [4.69, 9.17) is 0 Å². The minimum Gasteiger partial charge on any atom is -0.316 e. The standard InChI is InChI=1S/C16H37N5/c1-4-17-7-11-20-13-15-21(16-14-20)12-9-18-8-10-19(5-2)6-3/h17-18H,4-16H2,1-3H3. The van der Waals surface area contributed by atoms with Crippen LogP contribution in [0.25, 0.3) is 0 Å². The number of piperazine rings is 1. The third-order valence-corrected chi connectivity index (χ3v) is 4.42. The topological polar surface area (TPSA) is 33.8 Å². The van der Waals surface area contributed by atoms with Crippen molar-refractivity contribution in [1.29, 1.82) is 0 Å². The Morgan fingerprint density at radius 3 is 1.76 bits per heavy atom. The molecule has 5 heteroatoms. The summed E-state index contributed by atoms with van der Waals surface area (Å²) in [5, 5.41) is 6.98. The van der Waals surface area contributed by atoms with E-state index in [1.807, 2.05) is 0 Å². The van der Waals surface area contributed by atoms with Crippen LogP contribution in [-0.2, 0) is 0 Å². The summed E-state index contributed by atoms with van der Waals surface area (Å²) in [6, 6.07) is 0. The average molecular weight is 300 g/mol. The summed E-state index contributed by atoms with van der Waals surface area (Å²) < 4.78 is 0. The second kappa shape index (κ2) is 12.4. The first kappa shape index (κ1) is 18.8. The maximum Gasteiger partial charge on any atom is 0.0110 e. The van der Waals surface area contributed by atoms with E-state index in [9.17, 15) is 0 Å². The quantitative estimate of drug-likeness (QED) is 0.501. The molecule has 0 spiro atoms. The van der Waals surface area contributed by atoms with Gasteiger partial charge in [0.1, 0.15) is 0 Å². The van der Waals surface area contributed by atoms with Gasteiger partial charge in [-0.05, 0) is 19.6 Å². The Bertz CT molecular complexity index is 225. The van der Waals surface area contributed by atoms with Gasteiger partial charge in [0.05, 0.1) is 0 Å². The van der Waals surface area contributed by atoms with Gasteiger partial charge in [-0.25, -0.2) is 0 Å². The molecule has 0 atom stereocenters. The Morgan fingerprint density at radius 2 is 1.29 bits per heavy atom. The number of likely N-dealkylation sites (N-methyl/N-ethyl adjacent to an activating group) is 2. The van der Waals surface area contributed by atoms with Crippen LogP contribution in [0.4, 0.5) is 0 Å². The number of hydrogen-bond donors (Lipinski definition) is 2. The summed E-state index contributed by atoms with van der Waals surface area (Å²) in [5.74, 6) is 0. The van der Waals surface area contributed by atoms with Crippen molar-refractivity contribution in [3.05, 3.63) is 0 Å². The fraction of sp³-hybridized carbons (Fsp3) is 1.00. The molecule has 126 valence electrons. The van der Waals surface area contributed by atoms with Gasteiger partial charge in [-0.3, -0.25) is 9.80 Å². The summed E-state index contributed by atoms with van der Waals surface area (Å²) in [6.45, 7) is 21.9. The van der Waals surface area contributed by atoms with Gasteiger partial charge in [-0.1, -0.05) is 20.8 Å². The molecule has 1 fully saturated rings. The SMILES string of the molecule is CCNCCN1CCN(CCNCCN(CC)CC)CC1. The normalized spacial score (nSPS) is 17.7. The number of hydrogen-bond acceptors (Lipinski definition) is 5. The molecule has 0 saturated carbocycles. The Labute approximate surface area is 132 Å². The number of rotatable bonds is 12. The predicted octanol–water partition coefficient (Wildman–Crippen LogP) is 0.145. The van der Waals surface area contributed by atoms with Crippen molar-refractivity contribution in [2.75, 3.05) is 85.1 Å². The molecule has 0 radical (unpaired) electrons. The van der Waals surface area contributed by atoms with E-state index in [0.29, 0.717) is 0 Å². The lowest BCUT2D eigenvalue weighted by atomic mass is 10.3. The molecular formula is C16H37N5. The molecule has 1 heterocycles. The fourth-order valence-corrected chi connectivity index (χ4v) is 2.79. The van der Waals surface area contributed by atoms with Crippen LogP contribution in [0.5, 0.6) is 0 Å². The lowest BCUT2D eigenvalue weighted by Crippen LogP contribution is -2.49. The van der Waals surface area contributed by atoms with E-state index in [1.165, 1.54) is 45.8 Å². The van der Waals surface area contributed by atoms with Crippen LogP contribution >= 0.6 is 0 Å².